The number of fused-ring (bicyclic) bond motifs is 2. The third-order valence-electron chi connectivity index (χ3n) is 11.7. The lowest BCUT2D eigenvalue weighted by Gasteiger charge is -2.59. The van der Waals surface area contributed by atoms with Gasteiger partial charge in [0.2, 0.25) is 5.79 Å². The van der Waals surface area contributed by atoms with E-state index < -0.39 is 29.9 Å². The predicted molar refractivity (Wildman–Crippen MR) is 230 cm³/mol. The molecule has 1 saturated carbocycles. The molecule has 1 fully saturated rings. The summed E-state index contributed by atoms with van der Waals surface area (Å²) in [4.78, 5) is 35.2. The number of hydrogen-bond acceptors (Lipinski definition) is 10. The van der Waals surface area contributed by atoms with E-state index in [1.165, 1.54) is 0 Å². The van der Waals surface area contributed by atoms with Crippen LogP contribution in [0.4, 0.5) is 9.59 Å². The summed E-state index contributed by atoms with van der Waals surface area (Å²) in [6.07, 6.45) is 8.28. The minimum absolute atomic E-state index is 0.0113. The average molecular weight is 824 g/mol. The van der Waals surface area contributed by atoms with Crippen molar-refractivity contribution in [1.29, 1.82) is 0 Å². The Hall–Kier alpha value is -5.17. The van der Waals surface area contributed by atoms with Gasteiger partial charge in [-0.25, -0.2) is 9.59 Å². The van der Waals surface area contributed by atoms with Crippen LogP contribution in [0.25, 0.3) is 0 Å². The van der Waals surface area contributed by atoms with Gasteiger partial charge in [0.15, 0.2) is 0 Å². The number of hydrogen-bond donors (Lipinski definition) is 3. The number of rotatable bonds is 21. The molecule has 2 aliphatic carbocycles. The first-order chi connectivity index (χ1) is 29.4. The molecule has 322 valence electrons. The number of allylic oxidation sites excluding steroid dienone is 1. The molecule has 0 bridgehead atoms. The van der Waals surface area contributed by atoms with Crippen LogP contribution in [0.5, 0.6) is 11.5 Å². The van der Waals surface area contributed by atoms with Gasteiger partial charge in [0.05, 0.1) is 18.2 Å². The molecule has 3 N–H and O–H groups in total. The first-order valence-electron chi connectivity index (χ1n) is 21.5. The van der Waals surface area contributed by atoms with Gasteiger partial charge in [-0.1, -0.05) is 97.7 Å². The van der Waals surface area contributed by atoms with Crippen LogP contribution in [0.3, 0.4) is 0 Å². The number of benzene rings is 3. The Morgan fingerprint density at radius 3 is 2.37 bits per heavy atom. The van der Waals surface area contributed by atoms with Crippen molar-refractivity contribution in [2.75, 3.05) is 33.0 Å². The summed E-state index contributed by atoms with van der Waals surface area (Å²) in [5.74, 6) is -1.21. The number of nitrogens with one attached hydrogen (secondary N) is 1. The third-order valence-corrected chi connectivity index (χ3v) is 11.7. The number of nitrogens with zero attached hydrogens (tertiary/aromatic N) is 2. The Labute approximate surface area is 354 Å². The summed E-state index contributed by atoms with van der Waals surface area (Å²) < 4.78 is 26.2. The smallest absolute Gasteiger partial charge is 0.412 e. The van der Waals surface area contributed by atoms with E-state index in [1.807, 2.05) is 86.6 Å². The van der Waals surface area contributed by atoms with Crippen LogP contribution < -0.4 is 14.8 Å². The van der Waals surface area contributed by atoms with Crippen LogP contribution in [0.1, 0.15) is 87.8 Å². The molecular formula is C48H61N3O9. The highest BCUT2D eigenvalue weighted by atomic mass is 16.7. The van der Waals surface area contributed by atoms with Crippen LogP contribution in [-0.2, 0) is 27.5 Å². The van der Waals surface area contributed by atoms with Crippen LogP contribution >= 0.6 is 0 Å². The van der Waals surface area contributed by atoms with Crippen LogP contribution in [0.15, 0.2) is 108 Å². The van der Waals surface area contributed by atoms with Crippen molar-refractivity contribution in [3.05, 3.63) is 120 Å². The van der Waals surface area contributed by atoms with Gasteiger partial charge in [0, 0.05) is 44.2 Å². The molecule has 2 amide bonds. The molecule has 0 radical (unpaired) electrons. The first-order valence-corrected chi connectivity index (χ1v) is 21.5. The summed E-state index contributed by atoms with van der Waals surface area (Å²) in [6.45, 7) is 9.33. The molecule has 3 aromatic carbocycles. The predicted octanol–water partition coefficient (Wildman–Crippen LogP) is 8.68. The summed E-state index contributed by atoms with van der Waals surface area (Å²) in [6, 6.07) is 24.0. The van der Waals surface area contributed by atoms with Gasteiger partial charge in [-0.05, 0) is 85.8 Å². The molecule has 3 aliphatic rings. The SMILES string of the molecule is C=CCOC12Oc3ccc(OC(=O)NCc4ccccc4)cc3C3C(CCCCO)C(CCCCO)C=C(C(=NOCC)CC1N(CCC)C(=O)OCc1ccccc1)C32. The summed E-state index contributed by atoms with van der Waals surface area (Å²) in [5, 5.41) is 27.4. The van der Waals surface area contributed by atoms with Crippen molar-refractivity contribution in [1.82, 2.24) is 10.2 Å². The van der Waals surface area contributed by atoms with Crippen LogP contribution in [0.2, 0.25) is 0 Å². The molecule has 6 atom stereocenters. The zero-order valence-electron chi connectivity index (χ0n) is 35.0. The summed E-state index contributed by atoms with van der Waals surface area (Å²) in [7, 11) is 0. The van der Waals surface area contributed by atoms with E-state index >= 15 is 0 Å². The lowest BCUT2D eigenvalue weighted by molar-refractivity contribution is -0.255. The fraction of sp³-hybridized carbons (Fsp3) is 0.479. The van der Waals surface area contributed by atoms with Gasteiger partial charge in [-0.15, -0.1) is 6.58 Å². The normalized spacial score (nSPS) is 23.3. The van der Waals surface area contributed by atoms with Gasteiger partial charge in [0.1, 0.15) is 30.8 Å². The number of ether oxygens (including phenoxy) is 4. The largest absolute Gasteiger partial charge is 0.459 e. The second kappa shape index (κ2) is 21.9. The first kappa shape index (κ1) is 44.4. The molecule has 6 unspecified atom stereocenters. The molecule has 0 spiro atoms. The summed E-state index contributed by atoms with van der Waals surface area (Å²) in [5.41, 5.74) is 4.29. The number of unbranched alkanes of at least 4 members (excludes halogenated alkanes) is 2. The maximum atomic E-state index is 14.4. The second-order valence-corrected chi connectivity index (χ2v) is 15.7. The maximum absolute atomic E-state index is 14.4. The molecule has 12 heteroatoms. The topological polar surface area (TPSA) is 148 Å². The van der Waals surface area contributed by atoms with Crippen molar-refractivity contribution in [2.24, 2.45) is 22.9 Å². The molecule has 0 saturated heterocycles. The van der Waals surface area contributed by atoms with Crippen molar-refractivity contribution in [3.8, 4) is 11.5 Å². The quantitative estimate of drug-likeness (QED) is 0.0545. The number of aliphatic hydroxyl groups excluding tert-OH is 2. The molecule has 12 nitrogen and oxygen atoms in total. The van der Waals surface area contributed by atoms with E-state index in [0.717, 1.165) is 47.9 Å². The standard InChI is InChI=1S/C48H61N3O9/c1-4-25-51(47(55)56-33-35-19-11-8-12-20-35)43-31-41(50-58-6-3)39-29-36(21-13-15-26-52)38(22-14-16-27-53)44-40-30-37(59-46(54)49-32-34-17-9-7-10-18-34)23-24-42(40)60-48(43,45(39)44)57-28-5-2/h5,7-12,17-20,23-24,29-30,36,38,43-45,52-53H,2,4,6,13-16,21-22,25-28,31-33H2,1,3H3,(H,49,54). The summed E-state index contributed by atoms with van der Waals surface area (Å²) >= 11 is 0. The van der Waals surface area contributed by atoms with Gasteiger partial charge < -0.3 is 39.3 Å². The van der Waals surface area contributed by atoms with E-state index in [1.54, 1.807) is 17.0 Å². The van der Waals surface area contributed by atoms with Gasteiger partial charge >= 0.3 is 12.2 Å². The maximum Gasteiger partial charge on any atom is 0.412 e. The van der Waals surface area contributed by atoms with Crippen molar-refractivity contribution in [2.45, 2.75) is 96.1 Å². The van der Waals surface area contributed by atoms with Crippen LogP contribution in [0, 0.1) is 17.8 Å². The lowest BCUT2D eigenvalue weighted by atomic mass is 9.55. The Bertz CT molecular complexity index is 1920. The Morgan fingerprint density at radius 2 is 1.68 bits per heavy atom. The number of oxime groups is 1. The number of carbonyl (C=O) groups is 2. The van der Waals surface area contributed by atoms with Gasteiger partial charge in [0.25, 0.3) is 0 Å². The molecule has 0 aromatic heterocycles. The lowest BCUT2D eigenvalue weighted by Crippen LogP contribution is -2.70. The number of aliphatic hydroxyl groups is 2. The second-order valence-electron chi connectivity index (χ2n) is 15.7. The molecule has 60 heavy (non-hydrogen) atoms. The van der Waals surface area contributed by atoms with Crippen molar-refractivity contribution < 1.29 is 43.6 Å². The van der Waals surface area contributed by atoms with Crippen molar-refractivity contribution >= 4 is 17.9 Å². The monoisotopic (exact) mass is 823 g/mol. The third kappa shape index (κ3) is 10.4. The fourth-order valence-electron chi connectivity index (χ4n) is 9.18. The molecule has 6 rings (SSSR count). The Kier molecular flexibility index (Phi) is 16.2. The van der Waals surface area contributed by atoms with E-state index in [4.69, 9.17) is 28.9 Å². The highest BCUT2D eigenvalue weighted by Gasteiger charge is 2.65. The Balaban J connectivity index is 1.49. The van der Waals surface area contributed by atoms with Gasteiger partial charge in [-0.3, -0.25) is 4.90 Å². The minimum atomic E-state index is -1.43. The fourth-order valence-corrected chi connectivity index (χ4v) is 9.18. The molecular weight excluding hydrogens is 763 g/mol. The molecule has 3 aromatic rings. The minimum Gasteiger partial charge on any atom is -0.459 e. The van der Waals surface area contributed by atoms with E-state index in [-0.39, 0.29) is 50.6 Å². The zero-order valence-corrected chi connectivity index (χ0v) is 35.0. The van der Waals surface area contributed by atoms with Crippen molar-refractivity contribution in [3.63, 3.8) is 0 Å². The van der Waals surface area contributed by atoms with E-state index in [9.17, 15) is 19.8 Å². The highest BCUT2D eigenvalue weighted by molar-refractivity contribution is 6.03. The Morgan fingerprint density at radius 1 is 0.967 bits per heavy atom. The number of amides is 2. The average Bonchev–Trinajstić information content (AvgIpc) is 3.27. The molecule has 1 heterocycles. The highest BCUT2D eigenvalue weighted by Crippen LogP contribution is 2.62. The van der Waals surface area contributed by atoms with E-state index in [0.29, 0.717) is 56.2 Å². The molecule has 1 aliphatic heterocycles. The zero-order chi connectivity index (χ0) is 42.3. The van der Waals surface area contributed by atoms with Crippen LogP contribution in [-0.4, -0.2) is 77.8 Å². The van der Waals surface area contributed by atoms with E-state index in [2.05, 4.69) is 18.0 Å². The number of carbonyl (C=O) groups excluding carboxylic acids is 2. The van der Waals surface area contributed by atoms with Gasteiger partial charge in [-0.2, -0.15) is 0 Å².